The van der Waals surface area contributed by atoms with Crippen molar-refractivity contribution in [1.29, 1.82) is 0 Å². The van der Waals surface area contributed by atoms with Crippen LogP contribution in [0.25, 0.3) is 11.5 Å². The van der Waals surface area contributed by atoms with Crippen molar-refractivity contribution in [3.8, 4) is 17.2 Å². The van der Waals surface area contributed by atoms with E-state index in [1.165, 1.54) is 7.05 Å². The molecule has 0 saturated heterocycles. The fourth-order valence-corrected chi connectivity index (χ4v) is 2.69. The second-order valence-corrected chi connectivity index (χ2v) is 7.35. The molecule has 1 aromatic heterocycles. The van der Waals surface area contributed by atoms with Crippen molar-refractivity contribution >= 4 is 15.9 Å². The molecule has 0 aliphatic heterocycles. The van der Waals surface area contributed by atoms with Crippen LogP contribution in [0.5, 0.6) is 5.75 Å². The molecule has 8 nitrogen and oxygen atoms in total. The average molecular weight is 367 g/mol. The minimum Gasteiger partial charge on any atom is -0.497 e. The topological polar surface area (TPSA) is 111 Å². The third-order valence-corrected chi connectivity index (χ3v) is 4.90. The van der Waals surface area contributed by atoms with E-state index in [-0.39, 0.29) is 24.6 Å². The molecule has 2 rings (SSSR count). The largest absolute Gasteiger partial charge is 0.497 e. The van der Waals surface area contributed by atoms with Crippen molar-refractivity contribution in [3.05, 3.63) is 35.7 Å². The van der Waals surface area contributed by atoms with Crippen LogP contribution in [0.15, 0.2) is 28.7 Å². The number of sulfonamides is 1. The molecule has 1 heterocycles. The highest BCUT2D eigenvalue weighted by Gasteiger charge is 2.15. The molecule has 0 saturated carbocycles. The summed E-state index contributed by atoms with van der Waals surface area (Å²) in [7, 11) is -0.443. The predicted molar refractivity (Wildman–Crippen MR) is 92.8 cm³/mol. The first-order chi connectivity index (χ1) is 11.8. The number of hydrogen-bond acceptors (Lipinski definition) is 6. The molecule has 1 amide bonds. The second kappa shape index (κ2) is 8.13. The van der Waals surface area contributed by atoms with Gasteiger partial charge in [-0.05, 0) is 32.2 Å². The van der Waals surface area contributed by atoms with Crippen molar-refractivity contribution in [3.63, 3.8) is 0 Å². The Morgan fingerprint density at radius 2 is 2.12 bits per heavy atom. The van der Waals surface area contributed by atoms with Crippen LogP contribution < -0.4 is 14.8 Å². The van der Waals surface area contributed by atoms with E-state index in [0.717, 1.165) is 5.56 Å². The van der Waals surface area contributed by atoms with E-state index in [4.69, 9.17) is 9.15 Å². The highest BCUT2D eigenvalue weighted by atomic mass is 32.2. The summed E-state index contributed by atoms with van der Waals surface area (Å²) < 4.78 is 35.6. The Morgan fingerprint density at radius 3 is 2.80 bits per heavy atom. The second-order valence-electron chi connectivity index (χ2n) is 5.30. The van der Waals surface area contributed by atoms with Crippen LogP contribution in [0, 0.1) is 6.92 Å². The van der Waals surface area contributed by atoms with E-state index in [1.807, 2.05) is 18.2 Å². The van der Waals surface area contributed by atoms with Crippen molar-refractivity contribution in [2.24, 2.45) is 0 Å². The third kappa shape index (κ3) is 5.30. The van der Waals surface area contributed by atoms with E-state index in [0.29, 0.717) is 23.1 Å². The van der Waals surface area contributed by atoms with E-state index >= 15 is 0 Å². The molecular formula is C16H21N3O5S. The molecule has 0 atom stereocenters. The number of rotatable bonds is 8. The highest BCUT2D eigenvalue weighted by Crippen LogP contribution is 2.25. The molecule has 2 aromatic rings. The Morgan fingerprint density at radius 1 is 1.36 bits per heavy atom. The van der Waals surface area contributed by atoms with Crippen LogP contribution >= 0.6 is 0 Å². The lowest BCUT2D eigenvalue weighted by Gasteiger charge is -2.04. The predicted octanol–water partition coefficient (Wildman–Crippen LogP) is 0.867. The molecule has 0 fully saturated rings. The van der Waals surface area contributed by atoms with Crippen molar-refractivity contribution in [2.45, 2.75) is 13.3 Å². The number of oxazole rings is 1. The smallest absolute Gasteiger partial charge is 0.226 e. The van der Waals surface area contributed by atoms with Crippen molar-refractivity contribution in [1.82, 2.24) is 15.0 Å². The van der Waals surface area contributed by atoms with Gasteiger partial charge in [0.15, 0.2) is 0 Å². The molecule has 0 radical (unpaired) electrons. The fraction of sp³-hybridized carbons (Fsp3) is 0.375. The lowest BCUT2D eigenvalue weighted by atomic mass is 10.2. The number of aromatic nitrogens is 1. The van der Waals surface area contributed by atoms with Gasteiger partial charge >= 0.3 is 0 Å². The van der Waals surface area contributed by atoms with Gasteiger partial charge in [0.1, 0.15) is 11.5 Å². The summed E-state index contributed by atoms with van der Waals surface area (Å²) in [6.07, 6.45) is 0.0128. The van der Waals surface area contributed by atoms with Crippen LogP contribution in [0.1, 0.15) is 11.5 Å². The number of benzene rings is 1. The number of nitrogens with one attached hydrogen (secondary N) is 2. The zero-order chi connectivity index (χ0) is 18.4. The lowest BCUT2D eigenvalue weighted by Crippen LogP contribution is -2.33. The number of methoxy groups -OCH3 is 1. The van der Waals surface area contributed by atoms with Crippen LogP contribution in [0.3, 0.4) is 0 Å². The van der Waals surface area contributed by atoms with Crippen LogP contribution in [-0.4, -0.2) is 45.8 Å². The maximum absolute atomic E-state index is 12.0. The number of amides is 1. The van der Waals surface area contributed by atoms with E-state index in [2.05, 4.69) is 15.0 Å². The normalized spacial score (nSPS) is 11.3. The van der Waals surface area contributed by atoms with Crippen molar-refractivity contribution < 1.29 is 22.4 Å². The van der Waals surface area contributed by atoms with Gasteiger partial charge in [0.05, 0.1) is 25.0 Å². The Kier molecular flexibility index (Phi) is 6.16. The summed E-state index contributed by atoms with van der Waals surface area (Å²) in [5.41, 5.74) is 1.25. The van der Waals surface area contributed by atoms with Gasteiger partial charge in [-0.2, -0.15) is 0 Å². The molecule has 25 heavy (non-hydrogen) atoms. The summed E-state index contributed by atoms with van der Waals surface area (Å²) in [4.78, 5) is 16.3. The van der Waals surface area contributed by atoms with Gasteiger partial charge in [0, 0.05) is 12.1 Å². The molecule has 9 heteroatoms. The molecular weight excluding hydrogens is 346 g/mol. The number of carbonyl (C=O) groups excluding carboxylic acids is 1. The summed E-state index contributed by atoms with van der Waals surface area (Å²) in [6, 6.07) is 7.26. The van der Waals surface area contributed by atoms with Gasteiger partial charge in [-0.15, -0.1) is 0 Å². The molecule has 0 aliphatic carbocycles. The monoisotopic (exact) mass is 367 g/mol. The Bertz CT molecular complexity index is 845. The zero-order valence-electron chi connectivity index (χ0n) is 14.3. The summed E-state index contributed by atoms with van der Waals surface area (Å²) in [5.74, 6) is 1.12. The number of carbonyl (C=O) groups is 1. The minimum absolute atomic E-state index is 0.0128. The SMILES string of the molecule is CNS(=O)(=O)CCNC(=O)Cc1nc(-c2cccc(OC)c2)oc1C. The van der Waals surface area contributed by atoms with Gasteiger partial charge in [-0.1, -0.05) is 6.07 Å². The molecule has 1 aromatic carbocycles. The molecule has 0 spiro atoms. The van der Waals surface area contributed by atoms with Crippen molar-refractivity contribution in [2.75, 3.05) is 26.5 Å². The van der Waals surface area contributed by atoms with Gasteiger partial charge in [-0.3, -0.25) is 4.79 Å². The summed E-state index contributed by atoms with van der Waals surface area (Å²) >= 11 is 0. The number of nitrogens with zero attached hydrogens (tertiary/aromatic N) is 1. The number of aryl methyl sites for hydroxylation is 1. The Hall–Kier alpha value is -2.39. The molecule has 0 bridgehead atoms. The molecule has 0 unspecified atom stereocenters. The zero-order valence-corrected chi connectivity index (χ0v) is 15.1. The van der Waals surface area contributed by atoms with Gasteiger partial charge in [-0.25, -0.2) is 18.1 Å². The Balaban J connectivity index is 2.01. The van der Waals surface area contributed by atoms with E-state index < -0.39 is 10.0 Å². The Labute approximate surface area is 146 Å². The molecule has 0 aliphatic rings. The van der Waals surface area contributed by atoms with E-state index in [1.54, 1.807) is 20.1 Å². The average Bonchev–Trinajstić information content (AvgIpc) is 2.95. The summed E-state index contributed by atoms with van der Waals surface area (Å²) in [6.45, 7) is 1.76. The maximum atomic E-state index is 12.0. The number of hydrogen-bond donors (Lipinski definition) is 2. The minimum atomic E-state index is -3.35. The van der Waals surface area contributed by atoms with Crippen LogP contribution in [0.2, 0.25) is 0 Å². The summed E-state index contributed by atoms with van der Waals surface area (Å²) in [5, 5.41) is 2.56. The van der Waals surface area contributed by atoms with E-state index in [9.17, 15) is 13.2 Å². The fourth-order valence-electron chi connectivity index (χ4n) is 2.11. The van der Waals surface area contributed by atoms with Crippen LogP contribution in [-0.2, 0) is 21.2 Å². The first-order valence-electron chi connectivity index (χ1n) is 7.63. The quantitative estimate of drug-likeness (QED) is 0.716. The third-order valence-electron chi connectivity index (χ3n) is 3.54. The maximum Gasteiger partial charge on any atom is 0.226 e. The molecule has 2 N–H and O–H groups in total. The first kappa shape index (κ1) is 18.9. The standard InChI is InChI=1S/C16H21N3O5S/c1-11-14(10-15(20)18-7-8-25(21,22)17-2)19-16(24-11)12-5-4-6-13(9-12)23-3/h4-6,9,17H,7-8,10H2,1-3H3,(H,18,20). The van der Waals surface area contributed by atoms with Gasteiger partial charge in [0.25, 0.3) is 0 Å². The first-order valence-corrected chi connectivity index (χ1v) is 9.28. The molecule has 136 valence electrons. The van der Waals surface area contributed by atoms with Crippen LogP contribution in [0.4, 0.5) is 0 Å². The number of ether oxygens (including phenoxy) is 1. The van der Waals surface area contributed by atoms with Gasteiger partial charge < -0.3 is 14.5 Å². The lowest BCUT2D eigenvalue weighted by molar-refractivity contribution is -0.120. The highest BCUT2D eigenvalue weighted by molar-refractivity contribution is 7.89. The van der Waals surface area contributed by atoms with Gasteiger partial charge in [0.2, 0.25) is 21.8 Å².